The summed E-state index contributed by atoms with van der Waals surface area (Å²) in [4.78, 5) is 0. The Morgan fingerprint density at radius 3 is 2.04 bits per heavy atom. The number of phenolic OH excluding ortho intramolecular Hbond substituents is 1. The molecule has 0 bridgehead atoms. The van der Waals surface area contributed by atoms with Gasteiger partial charge in [-0.3, -0.25) is 4.72 Å². The summed E-state index contributed by atoms with van der Waals surface area (Å²) in [5, 5.41) is 9.72. The molecular formula is C19H33NO3S. The average Bonchev–Trinajstić information content (AvgIpc) is 2.52. The summed E-state index contributed by atoms with van der Waals surface area (Å²) in [6.45, 7) is 4.09. The van der Waals surface area contributed by atoms with Crippen molar-refractivity contribution in [2.24, 2.45) is 0 Å². The molecule has 0 aliphatic rings. The molecule has 0 atom stereocenters. The molecule has 0 heterocycles. The first-order valence-electron chi connectivity index (χ1n) is 9.24. The van der Waals surface area contributed by atoms with Crippen molar-refractivity contribution < 1.29 is 13.5 Å². The number of hydrogen-bond acceptors (Lipinski definition) is 3. The van der Waals surface area contributed by atoms with E-state index in [9.17, 15) is 13.5 Å². The molecule has 1 rings (SSSR count). The van der Waals surface area contributed by atoms with Crippen molar-refractivity contribution >= 4 is 15.7 Å². The Morgan fingerprint density at radius 2 is 1.46 bits per heavy atom. The number of unbranched alkanes of at least 4 members (excludes halogenated alkanes) is 9. The molecule has 24 heavy (non-hydrogen) atoms. The topological polar surface area (TPSA) is 66.4 Å². The predicted octanol–water partition coefficient (Wildman–Crippen LogP) is 5.36. The summed E-state index contributed by atoms with van der Waals surface area (Å²) >= 11 is 0. The number of nitrogens with one attached hydrogen (secondary N) is 1. The quantitative estimate of drug-likeness (QED) is 0.369. The zero-order valence-corrected chi connectivity index (χ0v) is 16.0. The van der Waals surface area contributed by atoms with E-state index in [2.05, 4.69) is 11.6 Å². The van der Waals surface area contributed by atoms with Crippen molar-refractivity contribution in [3.8, 4) is 5.75 Å². The van der Waals surface area contributed by atoms with Crippen LogP contribution in [0, 0.1) is 6.92 Å². The van der Waals surface area contributed by atoms with E-state index in [-0.39, 0.29) is 17.2 Å². The van der Waals surface area contributed by atoms with Gasteiger partial charge < -0.3 is 5.11 Å². The molecule has 2 N–H and O–H groups in total. The smallest absolute Gasteiger partial charge is 0.232 e. The van der Waals surface area contributed by atoms with E-state index in [0.717, 1.165) is 18.4 Å². The van der Waals surface area contributed by atoms with Crippen LogP contribution in [0.15, 0.2) is 18.2 Å². The van der Waals surface area contributed by atoms with Crippen LogP contribution in [0.1, 0.15) is 76.7 Å². The highest BCUT2D eigenvalue weighted by molar-refractivity contribution is 7.92. The predicted molar refractivity (Wildman–Crippen MR) is 102 cm³/mol. The number of rotatable bonds is 13. The van der Waals surface area contributed by atoms with Crippen LogP contribution in [0.3, 0.4) is 0 Å². The number of phenols is 1. The Bertz CT molecular complexity index is 570. The summed E-state index contributed by atoms with van der Waals surface area (Å²) in [7, 11) is -3.39. The standard InChI is InChI=1S/C19H33NO3S/c1-3-4-5-6-7-8-9-10-11-12-15-24(22,23)20-18-16-17(2)13-14-19(18)21/h13-14,16,20-21H,3-12,15H2,1-2H3. The summed E-state index contributed by atoms with van der Waals surface area (Å²) in [5.74, 6) is 0.0731. The lowest BCUT2D eigenvalue weighted by Crippen LogP contribution is -2.16. The molecule has 1 aromatic rings. The Kier molecular flexibility index (Phi) is 9.84. The lowest BCUT2D eigenvalue weighted by molar-refractivity contribution is 0.477. The first-order valence-corrected chi connectivity index (χ1v) is 10.9. The molecule has 4 nitrogen and oxygen atoms in total. The van der Waals surface area contributed by atoms with Gasteiger partial charge in [-0.05, 0) is 31.0 Å². The highest BCUT2D eigenvalue weighted by Gasteiger charge is 2.12. The van der Waals surface area contributed by atoms with Crippen LogP contribution < -0.4 is 4.72 Å². The van der Waals surface area contributed by atoms with Crippen molar-refractivity contribution in [3.05, 3.63) is 23.8 Å². The van der Waals surface area contributed by atoms with Gasteiger partial charge in [0, 0.05) is 0 Å². The van der Waals surface area contributed by atoms with Crippen molar-refractivity contribution in [2.75, 3.05) is 10.5 Å². The molecule has 138 valence electrons. The zero-order chi connectivity index (χ0) is 17.8. The molecule has 0 aliphatic carbocycles. The number of sulfonamides is 1. The third kappa shape index (κ3) is 9.16. The maximum absolute atomic E-state index is 12.1. The normalized spacial score (nSPS) is 11.6. The number of aryl methyl sites for hydroxylation is 1. The fraction of sp³-hybridized carbons (Fsp3) is 0.684. The van der Waals surface area contributed by atoms with Gasteiger partial charge in [0.1, 0.15) is 5.75 Å². The second-order valence-electron chi connectivity index (χ2n) is 6.62. The van der Waals surface area contributed by atoms with Gasteiger partial charge in [0.25, 0.3) is 0 Å². The number of aromatic hydroxyl groups is 1. The van der Waals surface area contributed by atoms with Crippen molar-refractivity contribution in [2.45, 2.75) is 78.1 Å². The van der Waals surface area contributed by atoms with Crippen molar-refractivity contribution in [1.29, 1.82) is 0 Å². The molecule has 1 aromatic carbocycles. The SMILES string of the molecule is CCCCCCCCCCCCS(=O)(=O)Nc1cc(C)ccc1O. The summed E-state index contributed by atoms with van der Waals surface area (Å²) < 4.78 is 26.6. The van der Waals surface area contributed by atoms with E-state index in [4.69, 9.17) is 0 Å². The summed E-state index contributed by atoms with van der Waals surface area (Å²) in [6, 6.07) is 4.90. The van der Waals surface area contributed by atoms with Crippen LogP contribution in [-0.4, -0.2) is 19.3 Å². The van der Waals surface area contributed by atoms with Crippen LogP contribution in [0.4, 0.5) is 5.69 Å². The van der Waals surface area contributed by atoms with E-state index < -0.39 is 10.0 Å². The van der Waals surface area contributed by atoms with E-state index in [1.807, 2.05) is 6.92 Å². The van der Waals surface area contributed by atoms with Gasteiger partial charge in [0.15, 0.2) is 0 Å². The van der Waals surface area contributed by atoms with E-state index in [0.29, 0.717) is 6.42 Å². The minimum Gasteiger partial charge on any atom is -0.506 e. The highest BCUT2D eigenvalue weighted by Crippen LogP contribution is 2.25. The minimum absolute atomic E-state index is 0.0350. The zero-order valence-electron chi connectivity index (χ0n) is 15.2. The number of anilines is 1. The molecule has 0 amide bonds. The molecule has 0 saturated heterocycles. The van der Waals surface area contributed by atoms with E-state index in [1.165, 1.54) is 51.0 Å². The molecule has 0 radical (unpaired) electrons. The molecule has 0 aliphatic heterocycles. The second-order valence-corrected chi connectivity index (χ2v) is 8.47. The molecular weight excluding hydrogens is 322 g/mol. The molecule has 5 heteroatoms. The maximum atomic E-state index is 12.1. The molecule has 0 saturated carbocycles. The summed E-state index contributed by atoms with van der Waals surface area (Å²) in [5.41, 5.74) is 1.17. The van der Waals surface area contributed by atoms with Crippen molar-refractivity contribution in [3.63, 3.8) is 0 Å². The van der Waals surface area contributed by atoms with Gasteiger partial charge in [-0.1, -0.05) is 70.8 Å². The lowest BCUT2D eigenvalue weighted by Gasteiger charge is -2.10. The molecule has 0 unspecified atom stereocenters. The maximum Gasteiger partial charge on any atom is 0.232 e. The van der Waals surface area contributed by atoms with Crippen LogP contribution >= 0.6 is 0 Å². The van der Waals surface area contributed by atoms with Crippen LogP contribution in [0.2, 0.25) is 0 Å². The fourth-order valence-corrected chi connectivity index (χ4v) is 3.91. The monoisotopic (exact) mass is 355 g/mol. The first-order chi connectivity index (χ1) is 11.4. The first kappa shape index (κ1) is 20.8. The van der Waals surface area contributed by atoms with Crippen LogP contribution in [-0.2, 0) is 10.0 Å². The number of hydrogen-bond donors (Lipinski definition) is 2. The van der Waals surface area contributed by atoms with Gasteiger partial charge in [-0.25, -0.2) is 8.42 Å². The minimum atomic E-state index is -3.39. The van der Waals surface area contributed by atoms with Crippen molar-refractivity contribution in [1.82, 2.24) is 0 Å². The van der Waals surface area contributed by atoms with E-state index in [1.54, 1.807) is 12.1 Å². The largest absolute Gasteiger partial charge is 0.506 e. The Morgan fingerprint density at radius 1 is 0.917 bits per heavy atom. The lowest BCUT2D eigenvalue weighted by atomic mass is 10.1. The van der Waals surface area contributed by atoms with Gasteiger partial charge in [0.05, 0.1) is 11.4 Å². The second kappa shape index (κ2) is 11.3. The molecule has 0 spiro atoms. The van der Waals surface area contributed by atoms with Gasteiger partial charge in [-0.2, -0.15) is 0 Å². The Hall–Kier alpha value is -1.23. The summed E-state index contributed by atoms with van der Waals surface area (Å²) in [6.07, 6.45) is 11.7. The van der Waals surface area contributed by atoms with Gasteiger partial charge in [-0.15, -0.1) is 0 Å². The molecule has 0 fully saturated rings. The Labute approximate surface area is 147 Å². The average molecular weight is 356 g/mol. The highest BCUT2D eigenvalue weighted by atomic mass is 32.2. The van der Waals surface area contributed by atoms with Crippen LogP contribution in [0.25, 0.3) is 0 Å². The Balaban J connectivity index is 2.16. The van der Waals surface area contributed by atoms with Crippen LogP contribution in [0.5, 0.6) is 5.75 Å². The van der Waals surface area contributed by atoms with Gasteiger partial charge >= 0.3 is 0 Å². The fourth-order valence-electron chi connectivity index (χ4n) is 2.73. The van der Waals surface area contributed by atoms with E-state index >= 15 is 0 Å². The third-order valence-electron chi connectivity index (χ3n) is 4.18. The molecule has 0 aromatic heterocycles. The third-order valence-corrected chi connectivity index (χ3v) is 5.54. The van der Waals surface area contributed by atoms with Gasteiger partial charge in [0.2, 0.25) is 10.0 Å². The number of benzene rings is 1.